The third-order valence-corrected chi connectivity index (χ3v) is 31.9. The number of aromatic nitrogens is 10. The van der Waals surface area contributed by atoms with Gasteiger partial charge in [-0.05, 0) is 264 Å². The topological polar surface area (TPSA) is 251 Å². The van der Waals surface area contributed by atoms with E-state index in [-0.39, 0.29) is 29.5 Å². The Morgan fingerprint density at radius 3 is 0.828 bits per heavy atom. The molecule has 10 aromatic rings. The average Bonchev–Trinajstić information content (AvgIpc) is 1.58. The molecular formula is C112H146BrCl7N20O5. The minimum absolute atomic E-state index is 0.0526. The van der Waals surface area contributed by atoms with E-state index < -0.39 is 0 Å². The molecule has 0 bridgehead atoms. The van der Waals surface area contributed by atoms with Crippen LogP contribution in [0.4, 0.5) is 0 Å². The SMILES string of the molecule is Cc1ccc2c(c1)CCCc1c(C(=O)NN3CCCCC3)nn(CCCCCCl)c1-2.Cc1ccc2c(c1)CCc1c(C(=O)NN3CCCCC3)nn(CCCCCCl)c1-2.O=C(NN1CCCCC1)c1nn(CCCCCCl)c2c1CCc1cc(Br)ccc1-2.O=C(NN1CCCCC1)c1nn(CCCCCCl)c2c1CCc1cc(Cl)ccc1-2.O=C(NN1CCCCC1)c1nn(CCCCCCl)c2c1Cc1cc(Cl)ccc1-2. The van der Waals surface area contributed by atoms with Crippen LogP contribution in [0.2, 0.25) is 10.0 Å². The van der Waals surface area contributed by atoms with Crippen molar-refractivity contribution in [2.75, 3.05) is 94.8 Å². The molecule has 10 aliphatic rings. The number of halogens is 8. The van der Waals surface area contributed by atoms with Crippen molar-refractivity contribution in [2.45, 2.75) is 303 Å². The first-order valence-electron chi connectivity index (χ1n) is 54.0. The van der Waals surface area contributed by atoms with Gasteiger partial charge in [0.25, 0.3) is 29.5 Å². The van der Waals surface area contributed by atoms with E-state index in [0.29, 0.717) is 64.3 Å². The molecule has 5 amide bonds. The Labute approximate surface area is 900 Å². The van der Waals surface area contributed by atoms with Gasteiger partial charge in [0.15, 0.2) is 28.5 Å². The fraction of sp³-hybridized carbons (Fsp3) is 0.554. The lowest BCUT2D eigenvalue weighted by Gasteiger charge is -2.26. The summed E-state index contributed by atoms with van der Waals surface area (Å²) in [5.41, 5.74) is 44.4. The molecule has 0 radical (unpaired) electrons. The first-order chi connectivity index (χ1) is 70.8. The molecule has 5 aromatic heterocycles. The van der Waals surface area contributed by atoms with Crippen molar-refractivity contribution in [3.8, 4) is 56.3 Å². The summed E-state index contributed by atoms with van der Waals surface area (Å²) < 4.78 is 11.3. The first kappa shape index (κ1) is 109. The van der Waals surface area contributed by atoms with E-state index in [4.69, 9.17) is 107 Å². The van der Waals surface area contributed by atoms with E-state index in [0.717, 1.165) is 398 Å². The van der Waals surface area contributed by atoms with E-state index in [1.54, 1.807) is 0 Å². The number of rotatable bonds is 35. The smallest absolute Gasteiger partial charge is 0.283 e. The summed E-state index contributed by atoms with van der Waals surface area (Å²) >= 11 is 45.2. The van der Waals surface area contributed by atoms with Crippen LogP contribution in [0.15, 0.2) is 95.5 Å². The number of aryl methyl sites for hydroxylation is 11. The summed E-state index contributed by atoms with van der Waals surface area (Å²) in [6.45, 7) is 17.5. The van der Waals surface area contributed by atoms with Crippen molar-refractivity contribution >= 4 is 127 Å². The van der Waals surface area contributed by atoms with Crippen LogP contribution in [0.25, 0.3) is 56.3 Å². The fourth-order valence-electron chi connectivity index (χ4n) is 22.2. The van der Waals surface area contributed by atoms with Crippen LogP contribution < -0.4 is 27.1 Å². The number of carbonyl (C=O) groups is 5. The lowest BCUT2D eigenvalue weighted by molar-refractivity contribution is 0.0735. The van der Waals surface area contributed by atoms with Gasteiger partial charge in [-0.3, -0.25) is 74.5 Å². The van der Waals surface area contributed by atoms with E-state index in [9.17, 15) is 24.0 Å². The van der Waals surface area contributed by atoms with Gasteiger partial charge in [-0.2, -0.15) is 25.5 Å². The van der Waals surface area contributed by atoms with Crippen molar-refractivity contribution in [1.82, 2.24) is 101 Å². The summed E-state index contributed by atoms with van der Waals surface area (Å²) in [5.74, 6) is 3.09. The van der Waals surface area contributed by atoms with E-state index in [1.165, 1.54) is 87.7 Å². The summed E-state index contributed by atoms with van der Waals surface area (Å²) in [7, 11) is 0. The molecule has 145 heavy (non-hydrogen) atoms. The fourth-order valence-corrected chi connectivity index (χ4v) is 23.9. The third-order valence-electron chi connectivity index (χ3n) is 29.6. The Morgan fingerprint density at radius 2 is 0.517 bits per heavy atom. The normalized spacial score (nSPS) is 16.3. The zero-order valence-electron chi connectivity index (χ0n) is 84.9. The van der Waals surface area contributed by atoms with Gasteiger partial charge in [0, 0.05) is 204 Å². The molecule has 5 aliphatic heterocycles. The Bertz CT molecular complexity index is 5690. The monoisotopic (exact) mass is 2170 g/mol. The number of fused-ring (bicyclic) bond motifs is 15. The van der Waals surface area contributed by atoms with Crippen LogP contribution in [0.5, 0.6) is 0 Å². The van der Waals surface area contributed by atoms with Gasteiger partial charge < -0.3 is 0 Å². The van der Waals surface area contributed by atoms with Crippen molar-refractivity contribution in [1.29, 1.82) is 0 Å². The van der Waals surface area contributed by atoms with Gasteiger partial charge in [-0.15, -0.1) is 58.0 Å². The van der Waals surface area contributed by atoms with E-state index in [1.807, 2.05) is 54.7 Å². The van der Waals surface area contributed by atoms with Crippen molar-refractivity contribution in [2.24, 2.45) is 0 Å². The maximum absolute atomic E-state index is 13.2. The minimum atomic E-state index is -0.100. The molecule has 5 aromatic carbocycles. The first-order valence-corrected chi connectivity index (χ1v) is 58.2. The molecule has 5 aliphatic carbocycles. The van der Waals surface area contributed by atoms with Crippen molar-refractivity contribution in [3.63, 3.8) is 0 Å². The summed E-state index contributed by atoms with van der Waals surface area (Å²) in [6, 6.07) is 31.7. The van der Waals surface area contributed by atoms with Crippen LogP contribution >= 0.6 is 97.1 Å². The number of hydrogen-bond donors (Lipinski definition) is 5. The standard InChI is InChI=1S/C24H33ClN4O.C23H31ClN4O.C22H28BrClN4O.C22H28Cl2N4O.C21H26Cl2N4O/c1-18-11-12-20-19(17-18)9-8-10-21-22(24(30)27-28-14-5-3-6-15-28)26-29(23(20)21)16-7-2-4-13-25;1-17-8-10-19-18(16-17)9-11-20-21(23(29)26-27-13-5-3-6-14-27)25-28(22(19)20)15-7-2-4-12-24;23-17-8-10-18-16(15-17)7-9-19-20(22(29)26-27-12-4-2-5-13-27)25-28(21(18)19)14-6-1-3-11-24;23-11-3-1-6-14-28-21-18-10-8-17(24)15-16(18)7-9-19(21)20(25-28)22(29)26-27-12-4-2-5-13-27;22-9-3-1-6-12-27-20-17-8-7-16(23)13-15(17)14-18(20)19(24-27)21(28)25-26-10-4-2-5-11-26/h11-12,17H,2-10,13-16H2,1H3,(H,27,30);8,10,16H,2-7,9,11-15H2,1H3,(H,26,29);2*8,10,15H,1-7,9,11-14H2,(H,26,29);7-8,13H,1-6,9-12,14H2,(H,25,28). The van der Waals surface area contributed by atoms with E-state index in [2.05, 4.69) is 142 Å². The molecule has 0 atom stereocenters. The number of benzene rings is 5. The summed E-state index contributed by atoms with van der Waals surface area (Å²) in [6.07, 6.45) is 42.0. The number of piperidine rings is 5. The maximum atomic E-state index is 13.2. The predicted molar refractivity (Wildman–Crippen MR) is 590 cm³/mol. The number of unbranched alkanes of at least 4 members (excludes halogenated alkanes) is 10. The zero-order chi connectivity index (χ0) is 101. The molecule has 33 heteroatoms. The summed E-state index contributed by atoms with van der Waals surface area (Å²) in [5, 5.41) is 35.7. The van der Waals surface area contributed by atoms with Gasteiger partial charge in [0.2, 0.25) is 0 Å². The Hall–Kier alpha value is -8.19. The Morgan fingerprint density at radius 1 is 0.269 bits per heavy atom. The third kappa shape index (κ3) is 28.6. The molecule has 25 nitrogen and oxygen atoms in total. The van der Waals surface area contributed by atoms with Gasteiger partial charge in [-0.25, -0.2) is 25.0 Å². The second kappa shape index (κ2) is 55.0. The van der Waals surface area contributed by atoms with Crippen LogP contribution in [0.1, 0.15) is 318 Å². The molecule has 780 valence electrons. The highest BCUT2D eigenvalue weighted by Gasteiger charge is 2.37. The van der Waals surface area contributed by atoms with Crippen molar-refractivity contribution in [3.05, 3.63) is 201 Å². The summed E-state index contributed by atoms with van der Waals surface area (Å²) in [4.78, 5) is 65.5. The van der Waals surface area contributed by atoms with Crippen LogP contribution in [-0.4, -0.2) is 198 Å². The maximum Gasteiger partial charge on any atom is 0.286 e. The van der Waals surface area contributed by atoms with Gasteiger partial charge in [-0.1, -0.05) is 169 Å². The molecular weight excluding hydrogens is 2030 g/mol. The van der Waals surface area contributed by atoms with Crippen LogP contribution in [0.3, 0.4) is 0 Å². The number of amides is 5. The Balaban J connectivity index is 0.000000130. The number of alkyl halides is 5. The number of hydrazine groups is 5. The number of nitrogens with one attached hydrogen (secondary N) is 5. The zero-order valence-corrected chi connectivity index (χ0v) is 91.7. The number of carbonyl (C=O) groups excluding carboxylic acids is 5. The van der Waals surface area contributed by atoms with Crippen LogP contribution in [0, 0.1) is 13.8 Å². The molecule has 0 saturated carbocycles. The molecule has 5 saturated heterocycles. The lowest BCUT2D eigenvalue weighted by atomic mass is 9.87. The minimum Gasteiger partial charge on any atom is -0.283 e. The van der Waals surface area contributed by atoms with E-state index >= 15 is 0 Å². The molecule has 10 heterocycles. The quantitative estimate of drug-likeness (QED) is 0.0183. The molecule has 20 rings (SSSR count). The van der Waals surface area contributed by atoms with Gasteiger partial charge in [0.1, 0.15) is 0 Å². The molecule has 0 unspecified atom stereocenters. The molecule has 5 N–H and O–H groups in total. The number of nitrogens with zero attached hydrogens (tertiary/aromatic N) is 15. The van der Waals surface area contributed by atoms with Crippen LogP contribution in [-0.2, 0) is 90.5 Å². The highest BCUT2D eigenvalue weighted by Crippen LogP contribution is 2.44. The predicted octanol–water partition coefficient (Wildman–Crippen LogP) is 23.8. The number of hydrogen-bond acceptors (Lipinski definition) is 15. The second-order valence-electron chi connectivity index (χ2n) is 40.4. The molecule has 0 spiro atoms. The highest BCUT2D eigenvalue weighted by atomic mass is 79.9. The second-order valence-corrected chi connectivity index (χ2v) is 44.1. The average molecular weight is 2180 g/mol. The molecule has 5 fully saturated rings. The highest BCUT2D eigenvalue weighted by molar-refractivity contribution is 9.10. The van der Waals surface area contributed by atoms with Gasteiger partial charge >= 0.3 is 0 Å². The largest absolute Gasteiger partial charge is 0.286 e. The van der Waals surface area contributed by atoms with Gasteiger partial charge in [0.05, 0.1) is 28.5 Å². The Kier molecular flexibility index (Phi) is 41.5. The lowest BCUT2D eigenvalue weighted by Crippen LogP contribution is -2.45. The van der Waals surface area contributed by atoms with Crippen molar-refractivity contribution < 1.29 is 24.0 Å².